The van der Waals surface area contributed by atoms with Crippen molar-refractivity contribution in [3.63, 3.8) is 0 Å². The van der Waals surface area contributed by atoms with E-state index in [1.54, 1.807) is 0 Å². The molecule has 1 unspecified atom stereocenters. The van der Waals surface area contributed by atoms with Crippen LogP contribution < -0.4 is 4.90 Å². The minimum absolute atomic E-state index is 0.138. The van der Waals surface area contributed by atoms with Crippen LogP contribution in [-0.2, 0) is 10.0 Å². The van der Waals surface area contributed by atoms with E-state index in [1.165, 1.54) is 10.7 Å². The fraction of sp³-hybridized carbons (Fsp3) is 0.562. The molecule has 0 fully saturated rings. The summed E-state index contributed by atoms with van der Waals surface area (Å²) >= 11 is 0. The summed E-state index contributed by atoms with van der Waals surface area (Å²) in [5.41, 5.74) is 2.84. The second-order valence-corrected chi connectivity index (χ2v) is 8.88. The maximum atomic E-state index is 12.1. The molecule has 1 aromatic carbocycles. The van der Waals surface area contributed by atoms with Gasteiger partial charge in [0, 0.05) is 37.3 Å². The third-order valence-electron chi connectivity index (χ3n) is 3.87. The molecule has 0 aliphatic carbocycles. The van der Waals surface area contributed by atoms with Gasteiger partial charge < -0.3 is 4.90 Å². The quantitative estimate of drug-likeness (QED) is 0.859. The predicted octanol–water partition coefficient (Wildman–Crippen LogP) is 2.86. The van der Waals surface area contributed by atoms with Gasteiger partial charge in [-0.15, -0.1) is 0 Å². The second-order valence-electron chi connectivity index (χ2n) is 7.04. The van der Waals surface area contributed by atoms with Gasteiger partial charge in [-0.2, -0.15) is 9.52 Å². The van der Waals surface area contributed by atoms with E-state index in [-0.39, 0.29) is 11.5 Å². The number of sulfonamides is 1. The van der Waals surface area contributed by atoms with Gasteiger partial charge in [0.1, 0.15) is 0 Å². The molecule has 0 saturated carbocycles. The highest BCUT2D eigenvalue weighted by Crippen LogP contribution is 2.38. The first-order valence-electron chi connectivity index (χ1n) is 7.35. The largest absolute Gasteiger partial charge is 0.378 e. The van der Waals surface area contributed by atoms with Crippen LogP contribution in [0, 0.1) is 5.41 Å². The molecule has 1 atom stereocenters. The first kappa shape index (κ1) is 16.8. The summed E-state index contributed by atoms with van der Waals surface area (Å²) in [5, 5.41) is 4.40. The lowest BCUT2D eigenvalue weighted by Gasteiger charge is -2.22. The Bertz CT molecular complexity index is 670. The highest BCUT2D eigenvalue weighted by molar-refractivity contribution is 7.88. The second kappa shape index (κ2) is 5.57. The van der Waals surface area contributed by atoms with Crippen LogP contribution in [0.25, 0.3) is 0 Å². The molecule has 22 heavy (non-hydrogen) atoms. The molecule has 0 amide bonds. The van der Waals surface area contributed by atoms with Crippen molar-refractivity contribution >= 4 is 21.4 Å². The van der Waals surface area contributed by atoms with Crippen LogP contribution >= 0.6 is 0 Å². The number of hydrogen-bond donors (Lipinski definition) is 0. The third kappa shape index (κ3) is 3.43. The minimum atomic E-state index is -3.38. The van der Waals surface area contributed by atoms with E-state index in [1.807, 2.05) is 43.3 Å². The number of rotatable bonds is 3. The van der Waals surface area contributed by atoms with E-state index in [4.69, 9.17) is 0 Å². The number of hydrogen-bond acceptors (Lipinski definition) is 4. The average molecular weight is 323 g/mol. The molecule has 1 heterocycles. The predicted molar refractivity (Wildman–Crippen MR) is 91.7 cm³/mol. The van der Waals surface area contributed by atoms with Gasteiger partial charge in [-0.1, -0.05) is 32.9 Å². The van der Waals surface area contributed by atoms with Crippen LogP contribution in [0.4, 0.5) is 5.69 Å². The molecule has 0 N–H and O–H groups in total. The molecule has 0 spiro atoms. The van der Waals surface area contributed by atoms with Crippen LogP contribution in [-0.4, -0.2) is 38.9 Å². The van der Waals surface area contributed by atoms with E-state index in [2.05, 4.69) is 25.9 Å². The fourth-order valence-electron chi connectivity index (χ4n) is 2.49. The number of nitrogens with zero attached hydrogens (tertiary/aromatic N) is 3. The molecular weight excluding hydrogens is 298 g/mol. The lowest BCUT2D eigenvalue weighted by atomic mass is 9.86. The van der Waals surface area contributed by atoms with Crippen LogP contribution in [0.1, 0.15) is 38.8 Å². The molecule has 1 aliphatic rings. The van der Waals surface area contributed by atoms with Gasteiger partial charge in [0.25, 0.3) is 0 Å². The lowest BCUT2D eigenvalue weighted by molar-refractivity contribution is 0.375. The Labute approximate surface area is 133 Å². The molecular formula is C16H25N3O2S. The molecule has 0 saturated heterocycles. The monoisotopic (exact) mass is 323 g/mol. The molecule has 1 aliphatic heterocycles. The number of benzene rings is 1. The zero-order valence-corrected chi connectivity index (χ0v) is 15.0. The summed E-state index contributed by atoms with van der Waals surface area (Å²) in [7, 11) is 0.577. The Hall–Kier alpha value is -1.56. The molecule has 0 radical (unpaired) electrons. The molecule has 122 valence electrons. The highest BCUT2D eigenvalue weighted by Gasteiger charge is 2.37. The van der Waals surface area contributed by atoms with Gasteiger partial charge in [0.15, 0.2) is 0 Å². The van der Waals surface area contributed by atoms with Crippen molar-refractivity contribution in [1.29, 1.82) is 0 Å². The average Bonchev–Trinajstić information content (AvgIpc) is 2.83. The fourth-order valence-corrected chi connectivity index (χ4v) is 3.40. The zero-order chi connectivity index (χ0) is 16.7. The highest BCUT2D eigenvalue weighted by atomic mass is 32.2. The summed E-state index contributed by atoms with van der Waals surface area (Å²) in [4.78, 5) is 2.02. The van der Waals surface area contributed by atoms with Crippen molar-refractivity contribution in [2.45, 2.75) is 33.2 Å². The normalized spacial score (nSPS) is 19.3. The van der Waals surface area contributed by atoms with Crippen molar-refractivity contribution in [1.82, 2.24) is 4.41 Å². The maximum absolute atomic E-state index is 12.1. The standard InChI is InChI=1S/C16H25N3O2S/c1-16(2,3)15-11-14(19(17-15)22(6,20)21)12-7-9-13(10-8-12)18(4)5/h7-10,14H,11H2,1-6H3. The van der Waals surface area contributed by atoms with Gasteiger partial charge in [0.2, 0.25) is 10.0 Å². The van der Waals surface area contributed by atoms with Gasteiger partial charge in [-0.3, -0.25) is 0 Å². The topological polar surface area (TPSA) is 53.0 Å². The maximum Gasteiger partial charge on any atom is 0.247 e. The van der Waals surface area contributed by atoms with Crippen molar-refractivity contribution in [2.75, 3.05) is 25.3 Å². The van der Waals surface area contributed by atoms with Crippen molar-refractivity contribution < 1.29 is 8.42 Å². The Kier molecular flexibility index (Phi) is 4.26. The zero-order valence-electron chi connectivity index (χ0n) is 14.2. The van der Waals surface area contributed by atoms with E-state index in [9.17, 15) is 8.42 Å². The SMILES string of the molecule is CN(C)c1ccc(C2CC(C(C)(C)C)=NN2S(C)(=O)=O)cc1. The van der Waals surface area contributed by atoms with Gasteiger partial charge in [-0.25, -0.2) is 8.42 Å². The summed E-state index contributed by atoms with van der Waals surface area (Å²) in [6.45, 7) is 6.18. The van der Waals surface area contributed by atoms with E-state index in [0.717, 1.165) is 17.0 Å². The summed E-state index contributed by atoms with van der Waals surface area (Å²) in [6.07, 6.45) is 1.85. The molecule has 0 aromatic heterocycles. The number of anilines is 1. The molecule has 0 bridgehead atoms. The Morgan fingerprint density at radius 2 is 1.73 bits per heavy atom. The van der Waals surface area contributed by atoms with Gasteiger partial charge in [0.05, 0.1) is 12.3 Å². The Morgan fingerprint density at radius 1 is 1.18 bits per heavy atom. The van der Waals surface area contributed by atoms with Gasteiger partial charge >= 0.3 is 0 Å². The molecule has 6 heteroatoms. The third-order valence-corrected chi connectivity index (χ3v) is 4.89. The van der Waals surface area contributed by atoms with Crippen LogP contribution in [0.5, 0.6) is 0 Å². The Balaban J connectivity index is 2.38. The Morgan fingerprint density at radius 3 is 2.14 bits per heavy atom. The van der Waals surface area contributed by atoms with E-state index >= 15 is 0 Å². The summed E-state index contributed by atoms with van der Waals surface area (Å²) in [5.74, 6) is 0. The van der Waals surface area contributed by atoms with Crippen LogP contribution in [0.3, 0.4) is 0 Å². The number of hydrazone groups is 1. The molecule has 5 nitrogen and oxygen atoms in total. The lowest BCUT2D eigenvalue weighted by Crippen LogP contribution is -2.26. The molecule has 1 aromatic rings. The van der Waals surface area contributed by atoms with Gasteiger partial charge in [-0.05, 0) is 17.7 Å². The van der Waals surface area contributed by atoms with Crippen molar-refractivity contribution in [3.05, 3.63) is 29.8 Å². The first-order valence-corrected chi connectivity index (χ1v) is 9.19. The van der Waals surface area contributed by atoms with Crippen molar-refractivity contribution in [3.8, 4) is 0 Å². The van der Waals surface area contributed by atoms with E-state index in [0.29, 0.717) is 6.42 Å². The summed E-state index contributed by atoms with van der Waals surface area (Å²) in [6, 6.07) is 7.73. The first-order chi connectivity index (χ1) is 10.00. The molecule has 2 rings (SSSR count). The van der Waals surface area contributed by atoms with Crippen molar-refractivity contribution in [2.24, 2.45) is 10.5 Å². The minimum Gasteiger partial charge on any atom is -0.378 e. The van der Waals surface area contributed by atoms with Crippen LogP contribution in [0.2, 0.25) is 0 Å². The smallest absolute Gasteiger partial charge is 0.247 e. The van der Waals surface area contributed by atoms with Crippen LogP contribution in [0.15, 0.2) is 29.4 Å². The summed E-state index contributed by atoms with van der Waals surface area (Å²) < 4.78 is 25.4. The van der Waals surface area contributed by atoms with E-state index < -0.39 is 10.0 Å².